The van der Waals surface area contributed by atoms with Crippen molar-refractivity contribution in [2.24, 2.45) is 0 Å². The van der Waals surface area contributed by atoms with Gasteiger partial charge in [0.25, 0.3) is 0 Å². The lowest BCUT2D eigenvalue weighted by atomic mass is 10.1. The minimum Gasteiger partial charge on any atom is -0.380 e. The summed E-state index contributed by atoms with van der Waals surface area (Å²) < 4.78 is 7.85. The molecule has 3 heterocycles. The predicted octanol–water partition coefficient (Wildman–Crippen LogP) is 4.63. The maximum absolute atomic E-state index is 5.64. The van der Waals surface area contributed by atoms with E-state index in [1.165, 1.54) is 12.8 Å². The summed E-state index contributed by atoms with van der Waals surface area (Å²) in [4.78, 5) is 17.2. The van der Waals surface area contributed by atoms with Gasteiger partial charge in [-0.15, -0.1) is 0 Å². The molecule has 1 aromatic carbocycles. The molecule has 0 aliphatic carbocycles. The number of imidazole rings is 1. The Morgan fingerprint density at radius 3 is 2.62 bits per heavy atom. The van der Waals surface area contributed by atoms with E-state index in [2.05, 4.69) is 53.6 Å². The third kappa shape index (κ3) is 4.36. The normalized spacial score (nSPS) is 18.4. The molecule has 170 valence electrons. The zero-order valence-corrected chi connectivity index (χ0v) is 19.5. The van der Waals surface area contributed by atoms with E-state index in [0.29, 0.717) is 31.0 Å². The van der Waals surface area contributed by atoms with Crippen LogP contribution < -0.4 is 10.4 Å². The number of fused-ring (bicyclic) bond motifs is 1. The Labute approximate surface area is 190 Å². The maximum Gasteiger partial charge on any atom is 0.142 e. The van der Waals surface area contributed by atoms with E-state index in [4.69, 9.17) is 19.5 Å². The lowest BCUT2D eigenvalue weighted by Crippen LogP contribution is -2.33. The number of nitrogens with zero attached hydrogens (tertiary/aromatic N) is 4. The van der Waals surface area contributed by atoms with E-state index in [1.807, 2.05) is 25.3 Å². The Kier molecular flexibility index (Phi) is 6.77. The average molecular weight is 436 g/mol. The quantitative estimate of drug-likeness (QED) is 0.390. The fraction of sp³-hybridized carbons (Fsp3) is 0.440. The summed E-state index contributed by atoms with van der Waals surface area (Å²) in [7, 11) is 1.57. The van der Waals surface area contributed by atoms with Gasteiger partial charge in [0.2, 0.25) is 0 Å². The molecule has 7 nitrogen and oxygen atoms in total. The molecule has 0 bridgehead atoms. The van der Waals surface area contributed by atoms with Crippen LogP contribution in [0.15, 0.2) is 43.1 Å². The van der Waals surface area contributed by atoms with Crippen LogP contribution in [-0.2, 0) is 16.1 Å². The van der Waals surface area contributed by atoms with Crippen molar-refractivity contribution in [3.63, 3.8) is 0 Å². The fourth-order valence-electron chi connectivity index (χ4n) is 4.56. The number of benzene rings is 1. The Morgan fingerprint density at radius 2 is 1.97 bits per heavy atom. The Bertz CT molecular complexity index is 1070. The van der Waals surface area contributed by atoms with Crippen LogP contribution in [0.2, 0.25) is 0 Å². The molecule has 32 heavy (non-hydrogen) atoms. The monoisotopic (exact) mass is 435 g/mol. The number of ether oxygens (including phenoxy) is 1. The maximum atomic E-state index is 5.64. The molecule has 1 aliphatic rings. The molecule has 2 atom stereocenters. The van der Waals surface area contributed by atoms with Crippen molar-refractivity contribution in [2.75, 3.05) is 25.2 Å². The summed E-state index contributed by atoms with van der Waals surface area (Å²) in [6.07, 6.45) is 4.37. The summed E-state index contributed by atoms with van der Waals surface area (Å²) in [6.45, 7) is 12.6. The molecular formula is C25H33N5O2. The summed E-state index contributed by atoms with van der Waals surface area (Å²) in [5, 5.41) is 0. The highest BCUT2D eigenvalue weighted by molar-refractivity contribution is 5.84. The van der Waals surface area contributed by atoms with Gasteiger partial charge in [0.1, 0.15) is 11.6 Å². The standard InChI is InChI=1S/C25H33N5O2/c1-6-32-14-13-29-23-11-9-20(19(4)28-31-5)15-22(23)27-25(29)21-10-12-24(26-16-21)30-17(2)7-8-18(30)3/h9-12,15-18,28H,4,6-8,13-14H2,1-3,5H3/t17-,18-/m0/s1. The number of nitrogens with one attached hydrogen (secondary N) is 1. The molecular weight excluding hydrogens is 402 g/mol. The van der Waals surface area contributed by atoms with Gasteiger partial charge in [0.05, 0.1) is 30.4 Å². The van der Waals surface area contributed by atoms with E-state index in [1.54, 1.807) is 7.11 Å². The largest absolute Gasteiger partial charge is 0.380 e. The van der Waals surface area contributed by atoms with Gasteiger partial charge in [-0.25, -0.2) is 9.97 Å². The molecule has 3 aromatic rings. The molecule has 7 heteroatoms. The zero-order valence-electron chi connectivity index (χ0n) is 19.5. The molecule has 0 unspecified atom stereocenters. The van der Waals surface area contributed by atoms with Gasteiger partial charge in [0, 0.05) is 42.6 Å². The van der Waals surface area contributed by atoms with Crippen LogP contribution in [0.3, 0.4) is 0 Å². The van der Waals surface area contributed by atoms with Crippen LogP contribution in [0.25, 0.3) is 28.1 Å². The van der Waals surface area contributed by atoms with Crippen LogP contribution in [0.1, 0.15) is 39.2 Å². The first-order valence-corrected chi connectivity index (χ1v) is 11.3. The highest BCUT2D eigenvalue weighted by atomic mass is 16.6. The fourth-order valence-corrected chi connectivity index (χ4v) is 4.56. The van der Waals surface area contributed by atoms with Crippen molar-refractivity contribution in [3.8, 4) is 11.4 Å². The molecule has 1 fully saturated rings. The van der Waals surface area contributed by atoms with Crippen LogP contribution in [0.5, 0.6) is 0 Å². The third-order valence-corrected chi connectivity index (χ3v) is 6.21. The van der Waals surface area contributed by atoms with Crippen LogP contribution in [0.4, 0.5) is 5.82 Å². The highest BCUT2D eigenvalue weighted by Gasteiger charge is 2.28. The second-order valence-electron chi connectivity index (χ2n) is 8.36. The number of aromatic nitrogens is 3. The first kappa shape index (κ1) is 22.3. The van der Waals surface area contributed by atoms with Gasteiger partial charge < -0.3 is 14.2 Å². The predicted molar refractivity (Wildman–Crippen MR) is 129 cm³/mol. The summed E-state index contributed by atoms with van der Waals surface area (Å²) in [6, 6.07) is 11.4. The molecule has 0 amide bonds. The zero-order chi connectivity index (χ0) is 22.7. The third-order valence-electron chi connectivity index (χ3n) is 6.21. The Morgan fingerprint density at radius 1 is 1.19 bits per heavy atom. The Hall–Kier alpha value is -2.90. The first-order valence-electron chi connectivity index (χ1n) is 11.3. The average Bonchev–Trinajstić information content (AvgIpc) is 3.33. The van der Waals surface area contributed by atoms with Crippen molar-refractivity contribution in [1.82, 2.24) is 20.0 Å². The van der Waals surface area contributed by atoms with Crippen LogP contribution in [-0.4, -0.2) is 46.9 Å². The lowest BCUT2D eigenvalue weighted by Gasteiger charge is -2.27. The number of anilines is 1. The molecule has 0 radical (unpaired) electrons. The lowest BCUT2D eigenvalue weighted by molar-refractivity contribution is 0.137. The van der Waals surface area contributed by atoms with Crippen molar-refractivity contribution in [3.05, 3.63) is 48.7 Å². The molecule has 1 aliphatic heterocycles. The number of rotatable bonds is 9. The second-order valence-corrected chi connectivity index (χ2v) is 8.36. The molecule has 0 spiro atoms. The van der Waals surface area contributed by atoms with Crippen molar-refractivity contribution < 1.29 is 9.57 Å². The van der Waals surface area contributed by atoms with E-state index in [0.717, 1.165) is 40.3 Å². The van der Waals surface area contributed by atoms with Crippen LogP contribution >= 0.6 is 0 Å². The molecule has 1 saturated heterocycles. The number of hydrogen-bond donors (Lipinski definition) is 1. The van der Waals surface area contributed by atoms with Gasteiger partial charge in [0.15, 0.2) is 0 Å². The van der Waals surface area contributed by atoms with Gasteiger partial charge in [-0.1, -0.05) is 12.6 Å². The van der Waals surface area contributed by atoms with Gasteiger partial charge in [-0.2, -0.15) is 0 Å². The summed E-state index contributed by atoms with van der Waals surface area (Å²) >= 11 is 0. The van der Waals surface area contributed by atoms with Crippen molar-refractivity contribution >= 4 is 22.5 Å². The smallest absolute Gasteiger partial charge is 0.142 e. The van der Waals surface area contributed by atoms with Crippen LogP contribution in [0, 0.1) is 0 Å². The van der Waals surface area contributed by atoms with E-state index in [-0.39, 0.29) is 0 Å². The first-order chi connectivity index (χ1) is 15.5. The number of hydroxylamine groups is 1. The minimum atomic E-state index is 0.520. The molecule has 1 N–H and O–H groups in total. The van der Waals surface area contributed by atoms with Gasteiger partial charge in [-0.3, -0.25) is 10.3 Å². The summed E-state index contributed by atoms with van der Waals surface area (Å²) in [5.41, 5.74) is 7.38. The molecule has 0 saturated carbocycles. The van der Waals surface area contributed by atoms with Gasteiger partial charge >= 0.3 is 0 Å². The topological polar surface area (TPSA) is 64.4 Å². The van der Waals surface area contributed by atoms with Crippen molar-refractivity contribution in [1.29, 1.82) is 0 Å². The summed E-state index contributed by atoms with van der Waals surface area (Å²) in [5.74, 6) is 1.93. The molecule has 4 rings (SSSR count). The minimum absolute atomic E-state index is 0.520. The molecule has 2 aromatic heterocycles. The highest BCUT2D eigenvalue weighted by Crippen LogP contribution is 2.31. The van der Waals surface area contributed by atoms with E-state index >= 15 is 0 Å². The van der Waals surface area contributed by atoms with Gasteiger partial charge in [-0.05, 0) is 57.9 Å². The van der Waals surface area contributed by atoms with Crippen molar-refractivity contribution in [2.45, 2.75) is 52.2 Å². The van der Waals surface area contributed by atoms with E-state index in [9.17, 15) is 0 Å². The second kappa shape index (κ2) is 9.71. The van der Waals surface area contributed by atoms with E-state index < -0.39 is 0 Å². The SMILES string of the molecule is C=C(NOC)c1ccc2c(c1)nc(-c1ccc(N3[C@@H](C)CC[C@@H]3C)nc1)n2CCOCC. The number of pyridine rings is 1. The number of hydrogen-bond acceptors (Lipinski definition) is 6. The Balaban J connectivity index is 1.71.